The Kier molecular flexibility index (Phi) is 6.06. The first-order valence-corrected chi connectivity index (χ1v) is 8.25. The fraction of sp³-hybridized carbons (Fsp3) is 0.667. The molecule has 1 aliphatic heterocycles. The predicted octanol–water partition coefficient (Wildman–Crippen LogP) is 3.71. The molecule has 1 fully saturated rings. The smallest absolute Gasteiger partial charge is 0.0358 e. The minimum atomic E-state index is 0.474. The summed E-state index contributed by atoms with van der Waals surface area (Å²) in [5, 5.41) is 3.67. The van der Waals surface area contributed by atoms with E-state index in [9.17, 15) is 0 Å². The molecule has 0 bridgehead atoms. The van der Waals surface area contributed by atoms with Crippen molar-refractivity contribution in [2.45, 2.75) is 39.7 Å². The molecular weight excluding hydrogens is 244 g/mol. The summed E-state index contributed by atoms with van der Waals surface area (Å²) < 4.78 is 0. The van der Waals surface area contributed by atoms with Gasteiger partial charge in [0.05, 0.1) is 0 Å². The lowest BCUT2D eigenvalue weighted by Crippen LogP contribution is -2.35. The van der Waals surface area contributed by atoms with Gasteiger partial charge in [-0.2, -0.15) is 0 Å². The summed E-state index contributed by atoms with van der Waals surface area (Å²) in [6, 6.07) is 11.4. The third-order valence-corrected chi connectivity index (χ3v) is 4.65. The topological polar surface area (TPSA) is 15.3 Å². The number of hydrogen-bond donors (Lipinski definition) is 1. The molecule has 0 saturated carbocycles. The maximum Gasteiger partial charge on any atom is 0.0358 e. The van der Waals surface area contributed by atoms with Crippen LogP contribution in [0.5, 0.6) is 0 Å². The molecular formula is C18H30N2. The molecule has 0 aliphatic carbocycles. The molecule has 2 rings (SSSR count). The third-order valence-electron chi connectivity index (χ3n) is 4.65. The first-order chi connectivity index (χ1) is 9.74. The second kappa shape index (κ2) is 7.80. The Bertz CT molecular complexity index is 376. The summed E-state index contributed by atoms with van der Waals surface area (Å²) in [6.45, 7) is 11.7. The van der Waals surface area contributed by atoms with Gasteiger partial charge in [0.1, 0.15) is 0 Å². The SMILES string of the molecule is CCNC(c1ccccc1)C(C)CN1CCC(CC)C1. The second-order valence-electron chi connectivity index (χ2n) is 6.25. The zero-order valence-corrected chi connectivity index (χ0v) is 13.3. The fourth-order valence-electron chi connectivity index (χ4n) is 3.45. The van der Waals surface area contributed by atoms with E-state index in [1.165, 1.54) is 38.0 Å². The summed E-state index contributed by atoms with van der Waals surface area (Å²) in [5.74, 6) is 1.57. The molecule has 1 aromatic rings. The minimum absolute atomic E-state index is 0.474. The van der Waals surface area contributed by atoms with E-state index in [2.05, 4.69) is 61.3 Å². The third kappa shape index (κ3) is 4.07. The van der Waals surface area contributed by atoms with E-state index in [-0.39, 0.29) is 0 Å². The van der Waals surface area contributed by atoms with Crippen LogP contribution in [-0.4, -0.2) is 31.1 Å². The highest BCUT2D eigenvalue weighted by atomic mass is 15.1. The van der Waals surface area contributed by atoms with Crippen LogP contribution in [0, 0.1) is 11.8 Å². The molecule has 2 nitrogen and oxygen atoms in total. The van der Waals surface area contributed by atoms with E-state index in [1.54, 1.807) is 0 Å². The van der Waals surface area contributed by atoms with Gasteiger partial charge >= 0.3 is 0 Å². The van der Waals surface area contributed by atoms with E-state index >= 15 is 0 Å². The molecule has 20 heavy (non-hydrogen) atoms. The maximum absolute atomic E-state index is 3.67. The van der Waals surface area contributed by atoms with Crippen LogP contribution >= 0.6 is 0 Å². The van der Waals surface area contributed by atoms with Gasteiger partial charge in [-0.15, -0.1) is 0 Å². The van der Waals surface area contributed by atoms with Crippen molar-refractivity contribution in [2.24, 2.45) is 11.8 Å². The summed E-state index contributed by atoms with van der Waals surface area (Å²) in [4.78, 5) is 2.66. The van der Waals surface area contributed by atoms with Crippen LogP contribution in [0.15, 0.2) is 30.3 Å². The molecule has 1 heterocycles. The zero-order chi connectivity index (χ0) is 14.4. The number of benzene rings is 1. The van der Waals surface area contributed by atoms with Gasteiger partial charge in [-0.1, -0.05) is 57.5 Å². The van der Waals surface area contributed by atoms with Crippen molar-refractivity contribution in [1.29, 1.82) is 0 Å². The van der Waals surface area contributed by atoms with Crippen LogP contribution < -0.4 is 5.32 Å². The Morgan fingerprint density at radius 3 is 2.60 bits per heavy atom. The van der Waals surface area contributed by atoms with Crippen molar-refractivity contribution in [3.63, 3.8) is 0 Å². The Hall–Kier alpha value is -0.860. The Morgan fingerprint density at radius 2 is 2.00 bits per heavy atom. The standard InChI is InChI=1S/C18H30N2/c1-4-16-11-12-20(14-16)13-15(3)18(19-5-2)17-9-7-6-8-10-17/h6-10,15-16,18-19H,4-5,11-14H2,1-3H3. The van der Waals surface area contributed by atoms with E-state index in [0.29, 0.717) is 12.0 Å². The fourth-order valence-corrected chi connectivity index (χ4v) is 3.45. The Morgan fingerprint density at radius 1 is 1.25 bits per heavy atom. The van der Waals surface area contributed by atoms with Crippen LogP contribution in [0.3, 0.4) is 0 Å². The van der Waals surface area contributed by atoms with E-state index in [4.69, 9.17) is 0 Å². The van der Waals surface area contributed by atoms with Crippen molar-refractivity contribution in [1.82, 2.24) is 10.2 Å². The van der Waals surface area contributed by atoms with Gasteiger partial charge in [0.15, 0.2) is 0 Å². The van der Waals surface area contributed by atoms with E-state index in [0.717, 1.165) is 12.5 Å². The van der Waals surface area contributed by atoms with Crippen molar-refractivity contribution < 1.29 is 0 Å². The molecule has 3 unspecified atom stereocenters. The number of likely N-dealkylation sites (tertiary alicyclic amines) is 1. The lowest BCUT2D eigenvalue weighted by atomic mass is 9.94. The normalized spacial score (nSPS) is 22.9. The van der Waals surface area contributed by atoms with Crippen molar-refractivity contribution in [3.05, 3.63) is 35.9 Å². The van der Waals surface area contributed by atoms with Crippen LogP contribution in [-0.2, 0) is 0 Å². The average Bonchev–Trinajstić information content (AvgIpc) is 2.93. The highest BCUT2D eigenvalue weighted by Gasteiger charge is 2.25. The number of hydrogen-bond acceptors (Lipinski definition) is 2. The van der Waals surface area contributed by atoms with Gasteiger partial charge in [-0.25, -0.2) is 0 Å². The first-order valence-electron chi connectivity index (χ1n) is 8.25. The summed E-state index contributed by atoms with van der Waals surface area (Å²) in [6.07, 6.45) is 2.72. The Labute approximate surface area is 124 Å². The highest BCUT2D eigenvalue weighted by molar-refractivity contribution is 5.19. The molecule has 1 aliphatic rings. The zero-order valence-electron chi connectivity index (χ0n) is 13.3. The monoisotopic (exact) mass is 274 g/mol. The van der Waals surface area contributed by atoms with Gasteiger partial charge < -0.3 is 10.2 Å². The lowest BCUT2D eigenvalue weighted by Gasteiger charge is -2.29. The van der Waals surface area contributed by atoms with Crippen molar-refractivity contribution in [2.75, 3.05) is 26.2 Å². The van der Waals surface area contributed by atoms with Crippen molar-refractivity contribution >= 4 is 0 Å². The lowest BCUT2D eigenvalue weighted by molar-refractivity contribution is 0.241. The Balaban J connectivity index is 1.95. The van der Waals surface area contributed by atoms with E-state index < -0.39 is 0 Å². The number of nitrogens with zero attached hydrogens (tertiary/aromatic N) is 1. The largest absolute Gasteiger partial charge is 0.310 e. The molecule has 3 atom stereocenters. The predicted molar refractivity (Wildman–Crippen MR) is 86.9 cm³/mol. The van der Waals surface area contributed by atoms with Gasteiger partial charge in [0, 0.05) is 19.1 Å². The number of nitrogens with one attached hydrogen (secondary N) is 1. The second-order valence-corrected chi connectivity index (χ2v) is 6.25. The molecule has 0 spiro atoms. The molecule has 0 amide bonds. The quantitative estimate of drug-likeness (QED) is 0.815. The summed E-state index contributed by atoms with van der Waals surface area (Å²) in [5.41, 5.74) is 1.42. The van der Waals surface area contributed by atoms with Gasteiger partial charge in [-0.05, 0) is 36.9 Å². The molecule has 112 valence electrons. The van der Waals surface area contributed by atoms with Crippen LogP contribution in [0.1, 0.15) is 45.2 Å². The summed E-state index contributed by atoms with van der Waals surface area (Å²) in [7, 11) is 0. The molecule has 0 radical (unpaired) electrons. The van der Waals surface area contributed by atoms with Crippen LogP contribution in [0.25, 0.3) is 0 Å². The molecule has 1 aromatic carbocycles. The first kappa shape index (κ1) is 15.5. The van der Waals surface area contributed by atoms with Gasteiger partial charge in [0.2, 0.25) is 0 Å². The number of rotatable bonds is 7. The highest BCUT2D eigenvalue weighted by Crippen LogP contribution is 2.26. The van der Waals surface area contributed by atoms with Gasteiger partial charge in [-0.3, -0.25) is 0 Å². The van der Waals surface area contributed by atoms with Crippen LogP contribution in [0.2, 0.25) is 0 Å². The molecule has 0 aromatic heterocycles. The maximum atomic E-state index is 3.67. The molecule has 1 saturated heterocycles. The van der Waals surface area contributed by atoms with Gasteiger partial charge in [0.25, 0.3) is 0 Å². The van der Waals surface area contributed by atoms with Crippen LogP contribution in [0.4, 0.5) is 0 Å². The molecule has 2 heteroatoms. The van der Waals surface area contributed by atoms with Crippen molar-refractivity contribution in [3.8, 4) is 0 Å². The molecule has 1 N–H and O–H groups in total. The minimum Gasteiger partial charge on any atom is -0.310 e. The average molecular weight is 274 g/mol. The summed E-state index contributed by atoms with van der Waals surface area (Å²) >= 11 is 0. The van der Waals surface area contributed by atoms with E-state index in [1.807, 2.05) is 0 Å².